The van der Waals surface area contributed by atoms with Crippen LogP contribution in [0, 0.1) is 5.82 Å². The summed E-state index contributed by atoms with van der Waals surface area (Å²) in [5, 5.41) is 7.81. The Balaban J connectivity index is 1.89. The molecule has 1 aromatic heterocycles. The van der Waals surface area contributed by atoms with Crippen molar-refractivity contribution in [3.63, 3.8) is 0 Å². The van der Waals surface area contributed by atoms with Crippen LogP contribution in [0.3, 0.4) is 0 Å². The van der Waals surface area contributed by atoms with Crippen LogP contribution in [0.1, 0.15) is 6.42 Å². The fourth-order valence-corrected chi connectivity index (χ4v) is 2.82. The fourth-order valence-electron chi connectivity index (χ4n) is 1.90. The second-order valence-corrected chi connectivity index (χ2v) is 5.39. The van der Waals surface area contributed by atoms with E-state index in [4.69, 9.17) is 10.6 Å². The number of ether oxygens (including phenoxy) is 1. The topological polar surface area (TPSA) is 83.0 Å². The predicted octanol–water partition coefficient (Wildman–Crippen LogP) is 1.21. The number of benzene rings is 1. The van der Waals surface area contributed by atoms with Gasteiger partial charge in [0.25, 0.3) is 0 Å². The van der Waals surface area contributed by atoms with Crippen molar-refractivity contribution in [2.45, 2.75) is 16.8 Å². The van der Waals surface area contributed by atoms with Crippen molar-refractivity contribution in [1.82, 2.24) is 14.9 Å². The van der Waals surface area contributed by atoms with Gasteiger partial charge in [-0.2, -0.15) is 0 Å². The van der Waals surface area contributed by atoms with Gasteiger partial charge in [-0.3, -0.25) is 4.79 Å². The van der Waals surface area contributed by atoms with Crippen molar-refractivity contribution in [3.8, 4) is 11.4 Å². The number of halogens is 1. The molecule has 8 heteroatoms. The number of carbonyl (C=O) groups is 1. The first-order valence-corrected chi connectivity index (χ1v) is 6.83. The van der Waals surface area contributed by atoms with E-state index < -0.39 is 5.82 Å². The Morgan fingerprint density at radius 1 is 1.40 bits per heavy atom. The summed E-state index contributed by atoms with van der Waals surface area (Å²) >= 11 is 1.17. The zero-order valence-corrected chi connectivity index (χ0v) is 11.1. The van der Waals surface area contributed by atoms with Gasteiger partial charge in [-0.05, 0) is 12.1 Å². The molecule has 0 aliphatic carbocycles. The summed E-state index contributed by atoms with van der Waals surface area (Å²) in [6.07, 6.45) is 0.603. The Kier molecular flexibility index (Phi) is 3.31. The van der Waals surface area contributed by atoms with E-state index in [1.165, 1.54) is 22.5 Å². The van der Waals surface area contributed by atoms with Crippen LogP contribution in [0.2, 0.25) is 0 Å². The van der Waals surface area contributed by atoms with Gasteiger partial charge in [-0.25, -0.2) is 9.07 Å². The highest BCUT2D eigenvalue weighted by Crippen LogP contribution is 2.30. The largest absolute Gasteiger partial charge is 0.465 e. The highest BCUT2D eigenvalue weighted by Gasteiger charge is 2.30. The Bertz CT molecular complexity index is 661. The van der Waals surface area contributed by atoms with Crippen LogP contribution < -0.4 is 5.84 Å². The molecule has 1 aromatic carbocycles. The summed E-state index contributed by atoms with van der Waals surface area (Å²) < 4.78 is 19.8. The Morgan fingerprint density at radius 2 is 2.20 bits per heavy atom. The van der Waals surface area contributed by atoms with Crippen molar-refractivity contribution in [3.05, 3.63) is 30.1 Å². The molecule has 0 unspecified atom stereocenters. The molecule has 1 atom stereocenters. The smallest absolute Gasteiger partial charge is 0.319 e. The van der Waals surface area contributed by atoms with Gasteiger partial charge < -0.3 is 10.6 Å². The number of hydrogen-bond donors (Lipinski definition) is 1. The van der Waals surface area contributed by atoms with Crippen molar-refractivity contribution in [2.75, 3.05) is 12.4 Å². The average Bonchev–Trinajstić information content (AvgIpc) is 2.99. The molecule has 2 heterocycles. The van der Waals surface area contributed by atoms with Gasteiger partial charge in [0.05, 0.1) is 12.2 Å². The van der Waals surface area contributed by atoms with E-state index in [-0.39, 0.29) is 22.6 Å². The molecule has 104 valence electrons. The molecule has 0 radical (unpaired) electrons. The highest BCUT2D eigenvalue weighted by molar-refractivity contribution is 8.00. The summed E-state index contributed by atoms with van der Waals surface area (Å²) in [4.78, 5) is 11.4. The number of aromatic nitrogens is 3. The molecule has 1 saturated heterocycles. The molecule has 6 nitrogen and oxygen atoms in total. The molecule has 2 N–H and O–H groups in total. The highest BCUT2D eigenvalue weighted by atomic mass is 32.2. The third-order valence-corrected chi connectivity index (χ3v) is 4.12. The summed E-state index contributed by atoms with van der Waals surface area (Å²) in [6.45, 7) is 0.398. The molecule has 2 aromatic rings. The van der Waals surface area contributed by atoms with E-state index in [2.05, 4.69) is 10.2 Å². The van der Waals surface area contributed by atoms with Crippen molar-refractivity contribution in [2.24, 2.45) is 0 Å². The number of nitrogens with zero attached hydrogens (tertiary/aromatic N) is 3. The SMILES string of the molecule is Nn1c(S[C@H]2CCOC2=O)nnc1-c1ccccc1F. The molecule has 1 aliphatic heterocycles. The lowest BCUT2D eigenvalue weighted by Crippen LogP contribution is -2.16. The van der Waals surface area contributed by atoms with Crippen molar-refractivity contribution < 1.29 is 13.9 Å². The first kappa shape index (κ1) is 12.9. The van der Waals surface area contributed by atoms with E-state index in [1.54, 1.807) is 18.2 Å². The maximum Gasteiger partial charge on any atom is 0.319 e. The molecule has 1 fully saturated rings. The lowest BCUT2D eigenvalue weighted by molar-refractivity contribution is -0.137. The second-order valence-electron chi connectivity index (χ2n) is 4.22. The third kappa shape index (κ3) is 2.22. The Labute approximate surface area is 118 Å². The van der Waals surface area contributed by atoms with Gasteiger partial charge in [0.15, 0.2) is 5.82 Å². The van der Waals surface area contributed by atoms with Crippen LogP contribution >= 0.6 is 11.8 Å². The van der Waals surface area contributed by atoms with Gasteiger partial charge in [-0.15, -0.1) is 10.2 Å². The quantitative estimate of drug-likeness (QED) is 0.676. The number of rotatable bonds is 3. The molecule has 0 spiro atoms. The minimum Gasteiger partial charge on any atom is -0.465 e. The number of hydrogen-bond acceptors (Lipinski definition) is 6. The summed E-state index contributed by atoms with van der Waals surface area (Å²) in [7, 11) is 0. The first-order valence-electron chi connectivity index (χ1n) is 5.95. The number of cyclic esters (lactones) is 1. The lowest BCUT2D eigenvalue weighted by atomic mass is 10.2. The van der Waals surface area contributed by atoms with Crippen LogP contribution in [0.15, 0.2) is 29.4 Å². The van der Waals surface area contributed by atoms with Crippen LogP contribution in [0.25, 0.3) is 11.4 Å². The minimum atomic E-state index is -0.427. The van der Waals surface area contributed by atoms with Gasteiger partial charge in [0.1, 0.15) is 11.1 Å². The third-order valence-electron chi connectivity index (χ3n) is 2.91. The second kappa shape index (κ2) is 5.12. The molecule has 20 heavy (non-hydrogen) atoms. The number of thioether (sulfide) groups is 1. The molecule has 0 bridgehead atoms. The van der Waals surface area contributed by atoms with Crippen LogP contribution in [0.5, 0.6) is 0 Å². The Morgan fingerprint density at radius 3 is 2.90 bits per heavy atom. The molecule has 0 amide bonds. The van der Waals surface area contributed by atoms with Gasteiger partial charge >= 0.3 is 5.97 Å². The average molecular weight is 294 g/mol. The number of esters is 1. The zero-order chi connectivity index (χ0) is 14.1. The monoisotopic (exact) mass is 294 g/mol. The van der Waals surface area contributed by atoms with E-state index >= 15 is 0 Å². The van der Waals surface area contributed by atoms with Crippen LogP contribution in [0.4, 0.5) is 4.39 Å². The van der Waals surface area contributed by atoms with Crippen molar-refractivity contribution >= 4 is 17.7 Å². The first-order chi connectivity index (χ1) is 9.66. The minimum absolute atomic E-state index is 0.219. The molecule has 0 saturated carbocycles. The number of nitrogens with two attached hydrogens (primary N) is 1. The summed E-state index contributed by atoms with van der Waals surface area (Å²) in [5.74, 6) is 5.39. The lowest BCUT2D eigenvalue weighted by Gasteiger charge is -2.06. The molecular weight excluding hydrogens is 283 g/mol. The van der Waals surface area contributed by atoms with E-state index in [1.807, 2.05) is 0 Å². The van der Waals surface area contributed by atoms with Crippen LogP contribution in [-0.4, -0.2) is 32.7 Å². The van der Waals surface area contributed by atoms with Crippen molar-refractivity contribution in [1.29, 1.82) is 0 Å². The van der Waals surface area contributed by atoms with Gasteiger partial charge in [-0.1, -0.05) is 23.9 Å². The maximum atomic E-state index is 13.7. The maximum absolute atomic E-state index is 13.7. The Hall–Kier alpha value is -2.09. The fraction of sp³-hybridized carbons (Fsp3) is 0.250. The zero-order valence-electron chi connectivity index (χ0n) is 10.3. The van der Waals surface area contributed by atoms with Gasteiger partial charge in [0.2, 0.25) is 5.16 Å². The normalized spacial score (nSPS) is 18.2. The van der Waals surface area contributed by atoms with Crippen LogP contribution in [-0.2, 0) is 9.53 Å². The number of nitrogen functional groups attached to an aromatic ring is 1. The van der Waals surface area contributed by atoms with Gasteiger partial charge in [0, 0.05) is 6.42 Å². The standard InChI is InChI=1S/C12H11FN4O2S/c13-8-4-2-1-3-7(8)10-15-16-12(17(10)14)20-9-5-6-19-11(9)18/h1-4,9H,5-6,14H2/t9-/m0/s1. The molecule has 3 rings (SSSR count). The van der Waals surface area contributed by atoms with E-state index in [9.17, 15) is 9.18 Å². The predicted molar refractivity (Wildman–Crippen MR) is 70.8 cm³/mol. The van der Waals surface area contributed by atoms with E-state index in [0.29, 0.717) is 18.2 Å². The molecular formula is C12H11FN4O2S. The summed E-state index contributed by atoms with van der Waals surface area (Å²) in [6, 6.07) is 6.17. The molecule has 1 aliphatic rings. The summed E-state index contributed by atoms with van der Waals surface area (Å²) in [5.41, 5.74) is 0.267. The number of carbonyl (C=O) groups excluding carboxylic acids is 1. The van der Waals surface area contributed by atoms with E-state index in [0.717, 1.165) is 0 Å².